The van der Waals surface area contributed by atoms with Crippen LogP contribution in [0.25, 0.3) is 0 Å². The first-order valence-electron chi connectivity index (χ1n) is 9.50. The second-order valence-electron chi connectivity index (χ2n) is 8.38. The summed E-state index contributed by atoms with van der Waals surface area (Å²) >= 11 is 3.33. The predicted octanol–water partition coefficient (Wildman–Crippen LogP) is 4.03. The summed E-state index contributed by atoms with van der Waals surface area (Å²) in [4.78, 5) is 12.5. The summed E-state index contributed by atoms with van der Waals surface area (Å²) in [7, 11) is 0. The molecule has 0 spiro atoms. The van der Waals surface area contributed by atoms with Crippen LogP contribution in [0, 0.1) is 0 Å². The summed E-state index contributed by atoms with van der Waals surface area (Å²) in [5.74, 6) is 0. The maximum atomic E-state index is 12.5. The van der Waals surface area contributed by atoms with E-state index in [0.717, 1.165) is 5.56 Å². The van der Waals surface area contributed by atoms with Crippen molar-refractivity contribution in [1.29, 1.82) is 0 Å². The third-order valence-corrected chi connectivity index (χ3v) is 4.72. The fourth-order valence-electron chi connectivity index (χ4n) is 2.71. The molecule has 1 aromatic heterocycles. The van der Waals surface area contributed by atoms with Gasteiger partial charge in [0.15, 0.2) is 0 Å². The summed E-state index contributed by atoms with van der Waals surface area (Å²) in [6.07, 6.45) is -0.532. The number of nitrogens with zero attached hydrogens (tertiary/aromatic N) is 2. The molecule has 1 amide bonds. The lowest BCUT2D eigenvalue weighted by Gasteiger charge is -2.35. The summed E-state index contributed by atoms with van der Waals surface area (Å²) in [6, 6.07) is 11.1. The molecule has 1 unspecified atom stereocenters. The Morgan fingerprint density at radius 1 is 1.24 bits per heavy atom. The summed E-state index contributed by atoms with van der Waals surface area (Å²) in [5.41, 5.74) is 0.313. The lowest BCUT2D eigenvalue weighted by molar-refractivity contribution is -0.0612. The van der Waals surface area contributed by atoms with Crippen molar-refractivity contribution < 1.29 is 19.4 Å². The Morgan fingerprint density at radius 3 is 2.48 bits per heavy atom. The number of alkyl carbamates (subject to hydrolysis) is 1. The van der Waals surface area contributed by atoms with Crippen LogP contribution in [0.5, 0.6) is 0 Å². The fraction of sp³-hybridized carbons (Fsp3) is 0.524. The van der Waals surface area contributed by atoms with E-state index in [9.17, 15) is 9.90 Å². The van der Waals surface area contributed by atoms with Gasteiger partial charge in [0.1, 0.15) is 10.2 Å². The first kappa shape index (κ1) is 23.4. The average Bonchev–Trinajstić information content (AvgIpc) is 2.98. The van der Waals surface area contributed by atoms with E-state index >= 15 is 0 Å². The molecule has 1 heterocycles. The normalized spacial score (nSPS) is 13.2. The molecule has 0 aliphatic heterocycles. The molecule has 1 atom stereocenters. The molecule has 1 aromatic carbocycles. The quantitative estimate of drug-likeness (QED) is 0.611. The van der Waals surface area contributed by atoms with Gasteiger partial charge in [0.05, 0.1) is 37.1 Å². The van der Waals surface area contributed by atoms with E-state index in [1.165, 1.54) is 0 Å². The first-order chi connectivity index (χ1) is 13.5. The van der Waals surface area contributed by atoms with Gasteiger partial charge in [0.2, 0.25) is 0 Å². The molecule has 0 saturated carbocycles. The van der Waals surface area contributed by atoms with E-state index < -0.39 is 23.3 Å². The van der Waals surface area contributed by atoms with Crippen LogP contribution < -0.4 is 5.32 Å². The molecule has 8 heteroatoms. The zero-order valence-electron chi connectivity index (χ0n) is 17.6. The van der Waals surface area contributed by atoms with E-state index in [1.54, 1.807) is 10.7 Å². The van der Waals surface area contributed by atoms with Crippen LogP contribution >= 0.6 is 15.9 Å². The van der Waals surface area contributed by atoms with Gasteiger partial charge >= 0.3 is 6.09 Å². The van der Waals surface area contributed by atoms with Crippen LogP contribution in [0.4, 0.5) is 4.79 Å². The number of aliphatic hydroxyl groups is 1. The molecule has 0 aliphatic carbocycles. The topological polar surface area (TPSA) is 85.6 Å². The largest absolute Gasteiger partial charge is 0.444 e. The molecular weight excluding hydrogens is 438 g/mol. The fourth-order valence-corrected chi connectivity index (χ4v) is 3.17. The Hall–Kier alpha value is -1.90. The third-order valence-electron chi connectivity index (χ3n) is 4.33. The number of rotatable bonds is 8. The SMILES string of the molecule is CC(C)(C)OC(=O)NC(Cn1nc(Br)cc1CO)C(C)(C)OCc1ccccc1. The Kier molecular flexibility index (Phi) is 7.85. The number of aromatic nitrogens is 2. The van der Waals surface area contributed by atoms with E-state index in [1.807, 2.05) is 65.0 Å². The van der Waals surface area contributed by atoms with Crippen molar-refractivity contribution in [2.24, 2.45) is 0 Å². The zero-order valence-corrected chi connectivity index (χ0v) is 19.2. The molecule has 0 bridgehead atoms. The van der Waals surface area contributed by atoms with Crippen LogP contribution in [-0.2, 0) is 29.2 Å². The van der Waals surface area contributed by atoms with Crippen LogP contribution in [0.3, 0.4) is 0 Å². The molecule has 0 aliphatic rings. The minimum Gasteiger partial charge on any atom is -0.444 e. The molecule has 0 fully saturated rings. The maximum absolute atomic E-state index is 12.5. The van der Waals surface area contributed by atoms with Crippen LogP contribution in [0.1, 0.15) is 45.9 Å². The number of nitrogens with one attached hydrogen (secondary N) is 1. The zero-order chi connectivity index (χ0) is 21.7. The second kappa shape index (κ2) is 9.73. The third kappa shape index (κ3) is 7.45. The number of aliphatic hydroxyl groups excluding tert-OH is 1. The van der Waals surface area contributed by atoms with E-state index in [0.29, 0.717) is 23.4 Å². The van der Waals surface area contributed by atoms with Gasteiger partial charge in [-0.15, -0.1) is 0 Å². The second-order valence-corrected chi connectivity index (χ2v) is 9.19. The van der Waals surface area contributed by atoms with Crippen LogP contribution in [-0.4, -0.2) is 38.2 Å². The monoisotopic (exact) mass is 467 g/mol. The Bertz CT molecular complexity index is 800. The Morgan fingerprint density at radius 2 is 1.90 bits per heavy atom. The number of halogens is 1. The highest BCUT2D eigenvalue weighted by Crippen LogP contribution is 2.22. The molecule has 2 rings (SSSR count). The number of hydrogen-bond acceptors (Lipinski definition) is 5. The maximum Gasteiger partial charge on any atom is 0.408 e. The van der Waals surface area contributed by atoms with Gasteiger partial charge in [-0.3, -0.25) is 4.68 Å². The molecule has 0 radical (unpaired) electrons. The van der Waals surface area contributed by atoms with Crippen molar-refractivity contribution >= 4 is 22.0 Å². The number of amides is 1. The van der Waals surface area contributed by atoms with E-state index in [-0.39, 0.29) is 6.61 Å². The number of benzene rings is 1. The Balaban J connectivity index is 2.20. The van der Waals surface area contributed by atoms with E-state index in [2.05, 4.69) is 26.3 Å². The highest BCUT2D eigenvalue weighted by Gasteiger charge is 2.34. The molecule has 160 valence electrons. The van der Waals surface area contributed by atoms with Gasteiger partial charge in [-0.2, -0.15) is 5.10 Å². The molecule has 2 aromatic rings. The molecule has 0 saturated heterocycles. The number of hydrogen-bond donors (Lipinski definition) is 2. The van der Waals surface area contributed by atoms with Gasteiger partial charge in [-0.05, 0) is 62.2 Å². The van der Waals surface area contributed by atoms with Gasteiger partial charge < -0.3 is 19.9 Å². The minimum atomic E-state index is -0.738. The summed E-state index contributed by atoms with van der Waals surface area (Å²) < 4.78 is 13.9. The number of carbonyl (C=O) groups excluding carboxylic acids is 1. The summed E-state index contributed by atoms with van der Waals surface area (Å²) in [5, 5.41) is 16.9. The lowest BCUT2D eigenvalue weighted by Crippen LogP contribution is -2.54. The van der Waals surface area contributed by atoms with Crippen LogP contribution in [0.2, 0.25) is 0 Å². The van der Waals surface area contributed by atoms with Gasteiger partial charge in [-0.25, -0.2) is 4.79 Å². The van der Waals surface area contributed by atoms with Gasteiger partial charge in [0.25, 0.3) is 0 Å². The lowest BCUT2D eigenvalue weighted by atomic mass is 9.98. The molecule has 7 nitrogen and oxygen atoms in total. The van der Waals surface area contributed by atoms with Crippen molar-refractivity contribution in [3.05, 3.63) is 52.3 Å². The van der Waals surface area contributed by atoms with Crippen molar-refractivity contribution in [3.63, 3.8) is 0 Å². The highest BCUT2D eigenvalue weighted by atomic mass is 79.9. The Labute approximate surface area is 180 Å². The van der Waals surface area contributed by atoms with Gasteiger partial charge in [0, 0.05) is 0 Å². The van der Waals surface area contributed by atoms with Crippen molar-refractivity contribution in [1.82, 2.24) is 15.1 Å². The molecular formula is C21H30BrN3O4. The number of ether oxygens (including phenoxy) is 2. The van der Waals surface area contributed by atoms with Crippen molar-refractivity contribution in [3.8, 4) is 0 Å². The summed E-state index contributed by atoms with van der Waals surface area (Å²) in [6.45, 7) is 9.80. The molecule has 29 heavy (non-hydrogen) atoms. The predicted molar refractivity (Wildman–Crippen MR) is 114 cm³/mol. The number of carbonyl (C=O) groups is 1. The van der Waals surface area contributed by atoms with Crippen LogP contribution in [0.15, 0.2) is 41.0 Å². The van der Waals surface area contributed by atoms with Crippen molar-refractivity contribution in [2.75, 3.05) is 0 Å². The smallest absolute Gasteiger partial charge is 0.408 e. The molecule has 2 N–H and O–H groups in total. The van der Waals surface area contributed by atoms with E-state index in [4.69, 9.17) is 9.47 Å². The van der Waals surface area contributed by atoms with Crippen molar-refractivity contribution in [2.45, 2.75) is 71.6 Å². The minimum absolute atomic E-state index is 0.164. The average molecular weight is 468 g/mol. The first-order valence-corrected chi connectivity index (χ1v) is 10.3. The van der Waals surface area contributed by atoms with Gasteiger partial charge in [-0.1, -0.05) is 30.3 Å². The standard InChI is InChI=1S/C21H30BrN3O4/c1-20(2,3)29-19(27)23-17(12-25-16(13-26)11-18(22)24-25)21(4,5)28-14-15-9-7-6-8-10-15/h6-11,17,26H,12-14H2,1-5H3,(H,23,27). The highest BCUT2D eigenvalue weighted by molar-refractivity contribution is 9.10.